The van der Waals surface area contributed by atoms with Crippen LogP contribution < -0.4 is 10.7 Å². The van der Waals surface area contributed by atoms with Gasteiger partial charge in [0.25, 0.3) is 5.91 Å². The van der Waals surface area contributed by atoms with Crippen molar-refractivity contribution in [3.63, 3.8) is 0 Å². The highest BCUT2D eigenvalue weighted by atomic mass is 35.5. The number of aromatic nitrogens is 2. The van der Waals surface area contributed by atoms with Crippen LogP contribution in [0.15, 0.2) is 47.7 Å². The summed E-state index contributed by atoms with van der Waals surface area (Å²) in [6.45, 7) is 2.07. The van der Waals surface area contributed by atoms with Gasteiger partial charge in [-0.2, -0.15) is 15.9 Å². The van der Waals surface area contributed by atoms with Gasteiger partial charge in [-0.25, -0.2) is 14.6 Å². The van der Waals surface area contributed by atoms with Crippen LogP contribution in [0.2, 0.25) is 5.02 Å². The summed E-state index contributed by atoms with van der Waals surface area (Å²) >= 11 is 6.01. The minimum Gasteiger partial charge on any atom is -0.338 e. The van der Waals surface area contributed by atoms with Gasteiger partial charge in [0.1, 0.15) is 17.1 Å². The first kappa shape index (κ1) is 25.8. The summed E-state index contributed by atoms with van der Waals surface area (Å²) in [5.41, 5.74) is 10.2. The molecular weight excluding hydrogens is 529 g/mol. The smallest absolute Gasteiger partial charge is 0.322 e. The van der Waals surface area contributed by atoms with Crippen LogP contribution in [-0.4, -0.2) is 57.1 Å². The van der Waals surface area contributed by atoms with Crippen LogP contribution in [0, 0.1) is 22.7 Å². The second-order valence-electron chi connectivity index (χ2n) is 9.34. The van der Waals surface area contributed by atoms with Crippen LogP contribution >= 0.6 is 11.6 Å². The average Bonchev–Trinajstić information content (AvgIpc) is 3.28. The number of halogens is 2. The standard InChI is InChI=1S/C25H21ClFN9O3/c1-14(37)35-12-25(13-35)11-34(24(39)30-17-5-2-15(9-28)3-6-17)10-20-21(23(38)31-33-29)22(32-36(20)25)16-4-7-19(27)18(26)8-16/h2-8H,10-13H2,1H3,(H,30,39)(H2,29,31,38). The number of anilines is 1. The molecular formula is C25H21ClFN9O3. The molecule has 1 saturated heterocycles. The maximum atomic E-state index is 13.9. The topological polar surface area (TPSA) is 160 Å². The van der Waals surface area contributed by atoms with E-state index >= 15 is 0 Å². The second-order valence-corrected chi connectivity index (χ2v) is 9.75. The van der Waals surface area contributed by atoms with Crippen LogP contribution in [0.5, 0.6) is 0 Å². The molecule has 2 aliphatic heterocycles. The molecule has 3 aromatic rings. The Balaban J connectivity index is 1.59. The Bertz CT molecular complexity index is 1560. The van der Waals surface area contributed by atoms with Gasteiger partial charge in [-0.1, -0.05) is 16.8 Å². The van der Waals surface area contributed by atoms with Gasteiger partial charge >= 0.3 is 6.03 Å². The second kappa shape index (κ2) is 9.80. The molecule has 3 N–H and O–H groups in total. The molecule has 5 rings (SSSR count). The predicted molar refractivity (Wildman–Crippen MR) is 136 cm³/mol. The first-order valence-corrected chi connectivity index (χ1v) is 12.1. The molecule has 4 amide bonds. The fraction of sp³-hybridized carbons (Fsp3) is 0.240. The monoisotopic (exact) mass is 549 g/mol. The third kappa shape index (κ3) is 4.55. The molecule has 3 heterocycles. The Morgan fingerprint density at radius 3 is 2.46 bits per heavy atom. The lowest BCUT2D eigenvalue weighted by molar-refractivity contribution is -0.142. The minimum atomic E-state index is -0.837. The number of carbonyl (C=O) groups is 3. The molecule has 0 radical (unpaired) electrons. The SMILES string of the molecule is CC(=O)N1CC2(C1)CN(C(=O)Nc1ccc(C#N)cc1)Cc1c(C(=O)NN=N)c(-c3ccc(F)c(Cl)c3)nn12. The van der Waals surface area contributed by atoms with E-state index in [1.165, 1.54) is 24.0 Å². The maximum absolute atomic E-state index is 13.9. The molecule has 1 fully saturated rings. The van der Waals surface area contributed by atoms with Crippen LogP contribution in [0.4, 0.5) is 14.9 Å². The number of likely N-dealkylation sites (tertiary alicyclic amines) is 1. The van der Waals surface area contributed by atoms with Gasteiger partial charge in [-0.05, 0) is 42.5 Å². The lowest BCUT2D eigenvalue weighted by Gasteiger charge is -2.54. The normalized spacial score (nSPS) is 15.1. The van der Waals surface area contributed by atoms with E-state index in [-0.39, 0.29) is 48.4 Å². The summed E-state index contributed by atoms with van der Waals surface area (Å²) in [6.07, 6.45) is 0. The van der Waals surface area contributed by atoms with E-state index in [2.05, 4.69) is 16.0 Å². The number of nitrogens with one attached hydrogen (secondary N) is 3. The zero-order valence-corrected chi connectivity index (χ0v) is 21.3. The maximum Gasteiger partial charge on any atom is 0.322 e. The van der Waals surface area contributed by atoms with E-state index in [9.17, 15) is 18.8 Å². The Labute approximate surface area is 226 Å². The van der Waals surface area contributed by atoms with E-state index in [1.807, 2.05) is 6.07 Å². The summed E-state index contributed by atoms with van der Waals surface area (Å²) in [6, 6.07) is 11.8. The quantitative estimate of drug-likeness (QED) is 0.335. The number of rotatable bonds is 4. The number of nitriles is 1. The lowest BCUT2D eigenvalue weighted by atomic mass is 9.86. The Morgan fingerprint density at radius 2 is 1.85 bits per heavy atom. The van der Waals surface area contributed by atoms with Crippen LogP contribution in [-0.2, 0) is 16.9 Å². The minimum absolute atomic E-state index is 0.0351. The van der Waals surface area contributed by atoms with Crippen LogP contribution in [0.3, 0.4) is 0 Å². The largest absolute Gasteiger partial charge is 0.338 e. The van der Waals surface area contributed by atoms with Gasteiger partial charge in [-0.15, -0.1) is 0 Å². The zero-order valence-electron chi connectivity index (χ0n) is 20.5. The Kier molecular flexibility index (Phi) is 6.49. The predicted octanol–water partition coefficient (Wildman–Crippen LogP) is 3.50. The van der Waals surface area contributed by atoms with Crippen molar-refractivity contribution in [2.75, 3.05) is 25.0 Å². The van der Waals surface area contributed by atoms with Gasteiger partial charge in [0.05, 0.1) is 41.0 Å². The van der Waals surface area contributed by atoms with Crippen LogP contribution in [0.25, 0.3) is 11.3 Å². The summed E-state index contributed by atoms with van der Waals surface area (Å²) in [7, 11) is 0. The molecule has 1 spiro atoms. The molecule has 0 unspecified atom stereocenters. The third-order valence-corrected chi connectivity index (χ3v) is 7.09. The molecule has 2 aliphatic rings. The van der Waals surface area contributed by atoms with Gasteiger partial charge in [0.2, 0.25) is 5.91 Å². The van der Waals surface area contributed by atoms with Crippen molar-refractivity contribution < 1.29 is 18.8 Å². The fourth-order valence-electron chi connectivity index (χ4n) is 4.94. The summed E-state index contributed by atoms with van der Waals surface area (Å²) in [5, 5.41) is 19.4. The highest BCUT2D eigenvalue weighted by molar-refractivity contribution is 6.31. The molecule has 0 aliphatic carbocycles. The molecule has 198 valence electrons. The van der Waals surface area contributed by atoms with Crippen molar-refractivity contribution >= 4 is 35.1 Å². The number of hydrogen-bond acceptors (Lipinski definition) is 7. The summed E-state index contributed by atoms with van der Waals surface area (Å²) in [4.78, 5) is 41.7. The molecule has 1 aromatic heterocycles. The molecule has 0 atom stereocenters. The van der Waals surface area contributed by atoms with E-state index in [4.69, 9.17) is 27.5 Å². The lowest BCUT2D eigenvalue weighted by Crippen LogP contribution is -2.70. The molecule has 39 heavy (non-hydrogen) atoms. The Morgan fingerprint density at radius 1 is 1.15 bits per heavy atom. The van der Waals surface area contributed by atoms with Gasteiger partial charge in [0, 0.05) is 31.3 Å². The number of nitrogens with zero attached hydrogens (tertiary/aromatic N) is 6. The summed E-state index contributed by atoms with van der Waals surface area (Å²) in [5.74, 6) is -1.53. The van der Waals surface area contributed by atoms with Gasteiger partial charge in [0.15, 0.2) is 0 Å². The third-order valence-electron chi connectivity index (χ3n) is 6.80. The van der Waals surface area contributed by atoms with E-state index in [0.29, 0.717) is 22.5 Å². The van der Waals surface area contributed by atoms with E-state index in [1.54, 1.807) is 33.8 Å². The first-order chi connectivity index (χ1) is 18.7. The fourth-order valence-corrected chi connectivity index (χ4v) is 5.12. The average molecular weight is 550 g/mol. The highest BCUT2D eigenvalue weighted by Crippen LogP contribution is 2.40. The van der Waals surface area contributed by atoms with Crippen molar-refractivity contribution in [2.24, 2.45) is 5.22 Å². The van der Waals surface area contributed by atoms with Gasteiger partial charge < -0.3 is 15.1 Å². The number of fused-ring (bicyclic) bond motifs is 2. The molecule has 0 saturated carbocycles. The molecule has 14 heteroatoms. The van der Waals surface area contributed by atoms with Crippen molar-refractivity contribution in [3.8, 4) is 17.3 Å². The van der Waals surface area contributed by atoms with Crippen LogP contribution in [0.1, 0.15) is 28.5 Å². The van der Waals surface area contributed by atoms with E-state index < -0.39 is 23.3 Å². The zero-order chi connectivity index (χ0) is 27.9. The van der Waals surface area contributed by atoms with Crippen molar-refractivity contribution in [2.45, 2.75) is 19.0 Å². The molecule has 0 bridgehead atoms. The number of hydrogen-bond donors (Lipinski definition) is 3. The first-order valence-electron chi connectivity index (χ1n) is 11.7. The van der Waals surface area contributed by atoms with Crippen molar-refractivity contribution in [1.29, 1.82) is 10.8 Å². The van der Waals surface area contributed by atoms with Crippen molar-refractivity contribution in [1.82, 2.24) is 25.0 Å². The van der Waals surface area contributed by atoms with Crippen molar-refractivity contribution in [3.05, 3.63) is 70.1 Å². The van der Waals surface area contributed by atoms with E-state index in [0.717, 1.165) is 6.07 Å². The number of amides is 4. The molecule has 2 aromatic carbocycles. The number of benzene rings is 2. The highest BCUT2D eigenvalue weighted by Gasteiger charge is 2.53. The molecule has 12 nitrogen and oxygen atoms in total. The number of urea groups is 1. The van der Waals surface area contributed by atoms with Gasteiger partial charge in [-0.3, -0.25) is 14.3 Å². The Hall–Kier alpha value is -4.83. The summed E-state index contributed by atoms with van der Waals surface area (Å²) < 4.78 is 15.5. The number of carbonyl (C=O) groups excluding carboxylic acids is 3.